The van der Waals surface area contributed by atoms with E-state index in [4.69, 9.17) is 4.74 Å². The predicted octanol–water partition coefficient (Wildman–Crippen LogP) is 3.13. The molecule has 5 heterocycles. The second-order valence-electron chi connectivity index (χ2n) is 10.6. The average Bonchev–Trinajstić information content (AvgIpc) is 3.56. The number of nitrogens with zero attached hydrogens (tertiary/aromatic N) is 6. The molecule has 0 atom stereocenters. The van der Waals surface area contributed by atoms with Gasteiger partial charge in [-0.15, -0.1) is 0 Å². The Morgan fingerprint density at radius 2 is 1.91 bits per heavy atom. The number of hydrogen-bond acceptors (Lipinski definition) is 7. The summed E-state index contributed by atoms with van der Waals surface area (Å²) in [7, 11) is 3.22. The quantitative estimate of drug-likeness (QED) is 0.321. The third-order valence-corrected chi connectivity index (χ3v) is 7.71. The summed E-state index contributed by atoms with van der Waals surface area (Å²) in [5, 5.41) is 7.02. The van der Waals surface area contributed by atoms with E-state index >= 15 is 0 Å². The van der Waals surface area contributed by atoms with Crippen LogP contribution in [0.3, 0.4) is 0 Å². The fraction of sp³-hybridized carbons (Fsp3) is 0.379. The molecule has 1 aliphatic rings. The summed E-state index contributed by atoms with van der Waals surface area (Å²) in [6, 6.07) is 5.31. The van der Waals surface area contributed by atoms with Crippen LogP contribution in [0, 0.1) is 13.8 Å². The number of hydrogen-bond donors (Lipinski definition) is 2. The van der Waals surface area contributed by atoms with Gasteiger partial charge in [0.05, 0.1) is 42.7 Å². The number of halogens is 3. The molecule has 4 aromatic heterocycles. The van der Waals surface area contributed by atoms with E-state index in [2.05, 4.69) is 27.0 Å². The van der Waals surface area contributed by atoms with Crippen LogP contribution in [0.5, 0.6) is 5.75 Å². The summed E-state index contributed by atoms with van der Waals surface area (Å²) >= 11 is 0. The molecule has 2 N–H and O–H groups in total. The van der Waals surface area contributed by atoms with E-state index in [9.17, 15) is 22.8 Å². The van der Waals surface area contributed by atoms with E-state index in [0.717, 1.165) is 5.56 Å². The van der Waals surface area contributed by atoms with Gasteiger partial charge in [0.1, 0.15) is 12.1 Å². The van der Waals surface area contributed by atoms with Crippen molar-refractivity contribution in [1.82, 2.24) is 39.3 Å². The van der Waals surface area contributed by atoms with E-state index in [1.807, 2.05) is 21.6 Å². The number of methoxy groups -OCH3 is 1. The van der Waals surface area contributed by atoms with Gasteiger partial charge in [0.2, 0.25) is 0 Å². The minimum atomic E-state index is -4.27. The van der Waals surface area contributed by atoms with E-state index in [0.29, 0.717) is 58.4 Å². The number of pyridine rings is 2. The summed E-state index contributed by atoms with van der Waals surface area (Å²) in [5.74, 6) is 0.533. The number of fused-ring (bicyclic) bond motifs is 1. The number of amides is 1. The van der Waals surface area contributed by atoms with E-state index < -0.39 is 18.6 Å². The predicted molar refractivity (Wildman–Crippen MR) is 155 cm³/mol. The van der Waals surface area contributed by atoms with Gasteiger partial charge in [-0.25, -0.2) is 9.67 Å². The average molecular weight is 599 g/mol. The largest absolute Gasteiger partial charge is 0.496 e. The summed E-state index contributed by atoms with van der Waals surface area (Å²) in [6.07, 6.45) is -0.975. The number of H-pyrrole nitrogens is 1. The first-order valence-electron chi connectivity index (χ1n) is 13.6. The highest BCUT2D eigenvalue weighted by atomic mass is 19.4. The molecule has 0 bridgehead atoms. The standard InChI is InChI=1S/C29H33F3N8O3/c1-17-12-24(43-5)22(28(42)36-17)14-33-27(41)21-13-23-20(26-34-16-35-37(26)4)6-7-40(23)25(18(21)2)19(3)39-10-8-38(9-11-39)15-29(30,31)32/h6-7,12-13,16H,3,8-11,14-15H2,1-2,4-5H3,(H,33,41)(H,36,42). The van der Waals surface area contributed by atoms with Crippen molar-refractivity contribution >= 4 is 17.1 Å². The molecule has 228 valence electrons. The van der Waals surface area contributed by atoms with Gasteiger partial charge in [0, 0.05) is 56.2 Å². The van der Waals surface area contributed by atoms with Crippen LogP contribution in [-0.2, 0) is 13.6 Å². The normalized spacial score (nSPS) is 14.3. The number of aryl methyl sites for hydroxylation is 2. The Morgan fingerprint density at radius 3 is 2.53 bits per heavy atom. The Balaban J connectivity index is 1.52. The zero-order valence-electron chi connectivity index (χ0n) is 24.4. The molecule has 0 spiro atoms. The smallest absolute Gasteiger partial charge is 0.401 e. The van der Waals surface area contributed by atoms with Crippen LogP contribution >= 0.6 is 0 Å². The summed E-state index contributed by atoms with van der Waals surface area (Å²) in [4.78, 5) is 36.7. The number of aromatic nitrogens is 5. The Labute approximate surface area is 245 Å². The minimum absolute atomic E-state index is 0.0726. The number of rotatable bonds is 8. The maximum absolute atomic E-state index is 13.7. The van der Waals surface area contributed by atoms with Gasteiger partial charge in [-0.05, 0) is 37.6 Å². The van der Waals surface area contributed by atoms with Crippen molar-refractivity contribution in [1.29, 1.82) is 0 Å². The molecular formula is C29H33F3N8O3. The lowest BCUT2D eigenvalue weighted by atomic mass is 10.0. The van der Waals surface area contributed by atoms with Crippen molar-refractivity contribution in [3.63, 3.8) is 0 Å². The number of carbonyl (C=O) groups is 1. The van der Waals surface area contributed by atoms with Crippen molar-refractivity contribution in [3.05, 3.63) is 75.7 Å². The number of piperazine rings is 1. The minimum Gasteiger partial charge on any atom is -0.496 e. The third-order valence-electron chi connectivity index (χ3n) is 7.71. The van der Waals surface area contributed by atoms with E-state index in [1.54, 1.807) is 37.7 Å². The molecule has 0 aromatic carbocycles. The molecule has 0 radical (unpaired) electrons. The zero-order valence-corrected chi connectivity index (χ0v) is 24.4. The van der Waals surface area contributed by atoms with Crippen LogP contribution in [0.15, 0.2) is 42.1 Å². The number of ether oxygens (including phenoxy) is 1. The molecule has 0 unspecified atom stereocenters. The van der Waals surface area contributed by atoms with Crippen LogP contribution in [0.25, 0.3) is 22.6 Å². The van der Waals surface area contributed by atoms with Crippen molar-refractivity contribution in [2.75, 3.05) is 39.8 Å². The molecule has 43 heavy (non-hydrogen) atoms. The van der Waals surface area contributed by atoms with Gasteiger partial charge in [0.25, 0.3) is 11.5 Å². The molecule has 11 nitrogen and oxygen atoms in total. The molecule has 14 heteroatoms. The van der Waals surface area contributed by atoms with Crippen LogP contribution in [-0.4, -0.2) is 85.9 Å². The van der Waals surface area contributed by atoms with Crippen molar-refractivity contribution < 1.29 is 22.7 Å². The lowest BCUT2D eigenvalue weighted by molar-refractivity contribution is -0.148. The Hall–Kier alpha value is -4.59. The molecular weight excluding hydrogens is 565 g/mol. The topological polar surface area (TPSA) is 113 Å². The first kappa shape index (κ1) is 29.9. The summed E-state index contributed by atoms with van der Waals surface area (Å²) in [6.45, 7) is 7.98. The van der Waals surface area contributed by atoms with Gasteiger partial charge in [-0.3, -0.25) is 14.5 Å². The van der Waals surface area contributed by atoms with Crippen molar-refractivity contribution in [3.8, 4) is 17.1 Å². The molecule has 1 amide bonds. The third kappa shape index (κ3) is 6.00. The Morgan fingerprint density at radius 1 is 1.19 bits per heavy atom. The second-order valence-corrected chi connectivity index (χ2v) is 10.6. The highest BCUT2D eigenvalue weighted by Crippen LogP contribution is 2.32. The van der Waals surface area contributed by atoms with Gasteiger partial charge in [0.15, 0.2) is 5.82 Å². The van der Waals surface area contributed by atoms with Gasteiger partial charge < -0.3 is 24.3 Å². The number of nitrogens with one attached hydrogen (secondary N) is 2. The first-order chi connectivity index (χ1) is 20.4. The molecule has 1 aliphatic heterocycles. The van der Waals surface area contributed by atoms with Gasteiger partial charge in [-0.2, -0.15) is 18.3 Å². The molecule has 4 aromatic rings. The Bertz CT molecular complexity index is 1750. The second kappa shape index (κ2) is 11.6. The fourth-order valence-corrected chi connectivity index (χ4v) is 5.54. The molecule has 1 saturated heterocycles. The maximum Gasteiger partial charge on any atom is 0.401 e. The molecule has 1 fully saturated rings. The number of aromatic amines is 1. The summed E-state index contributed by atoms with van der Waals surface area (Å²) < 4.78 is 47.8. The molecule has 5 rings (SSSR count). The van der Waals surface area contributed by atoms with Gasteiger partial charge in [-0.1, -0.05) is 6.58 Å². The van der Waals surface area contributed by atoms with E-state index in [-0.39, 0.29) is 30.8 Å². The molecule has 0 saturated carbocycles. The number of carbonyl (C=O) groups excluding carboxylic acids is 1. The lowest BCUT2D eigenvalue weighted by Gasteiger charge is -2.37. The van der Waals surface area contributed by atoms with Crippen LogP contribution in [0.2, 0.25) is 0 Å². The first-order valence-corrected chi connectivity index (χ1v) is 13.6. The lowest BCUT2D eigenvalue weighted by Crippen LogP contribution is -2.48. The summed E-state index contributed by atoms with van der Waals surface area (Å²) in [5.41, 5.74) is 4.15. The van der Waals surface area contributed by atoms with Crippen molar-refractivity contribution in [2.24, 2.45) is 7.05 Å². The van der Waals surface area contributed by atoms with Crippen LogP contribution < -0.4 is 15.6 Å². The van der Waals surface area contributed by atoms with E-state index in [1.165, 1.54) is 18.3 Å². The van der Waals surface area contributed by atoms with Crippen molar-refractivity contribution in [2.45, 2.75) is 26.6 Å². The van der Waals surface area contributed by atoms with Gasteiger partial charge >= 0.3 is 6.18 Å². The zero-order chi connectivity index (χ0) is 31.1. The SMILES string of the molecule is C=C(c1c(C)c(C(=O)NCc2c(OC)cc(C)[nH]c2=O)cc2c(-c3ncnn3C)ccn12)N1CCN(CC(F)(F)F)CC1. The van der Waals surface area contributed by atoms with Crippen LogP contribution in [0.1, 0.15) is 32.9 Å². The number of alkyl halides is 3. The van der Waals surface area contributed by atoms with Crippen LogP contribution in [0.4, 0.5) is 13.2 Å². The molecule has 0 aliphatic carbocycles. The highest BCUT2D eigenvalue weighted by Gasteiger charge is 2.33. The highest BCUT2D eigenvalue weighted by molar-refractivity contribution is 5.99. The Kier molecular flexibility index (Phi) is 8.06. The fourth-order valence-electron chi connectivity index (χ4n) is 5.54. The monoisotopic (exact) mass is 598 g/mol. The maximum atomic E-state index is 13.7.